The molecule has 1 aliphatic carbocycles. The van der Waals surface area contributed by atoms with Gasteiger partial charge >= 0.3 is 0 Å². The van der Waals surface area contributed by atoms with Crippen LogP contribution >= 0.6 is 11.3 Å². The van der Waals surface area contributed by atoms with E-state index in [1.54, 1.807) is 6.08 Å². The van der Waals surface area contributed by atoms with Crippen LogP contribution in [0.1, 0.15) is 19.3 Å². The minimum Gasteiger partial charge on any atom is -0.317 e. The van der Waals surface area contributed by atoms with Gasteiger partial charge in [-0.2, -0.15) is 0 Å². The molecular weight excluding hydrogens is 349 g/mol. The Hall–Kier alpha value is -2.31. The van der Waals surface area contributed by atoms with E-state index in [4.69, 9.17) is 0 Å². The predicted octanol–water partition coefficient (Wildman–Crippen LogP) is 4.34. The van der Waals surface area contributed by atoms with Gasteiger partial charge in [-0.25, -0.2) is 9.37 Å². The van der Waals surface area contributed by atoms with Gasteiger partial charge in [0.15, 0.2) is 5.13 Å². The van der Waals surface area contributed by atoms with Crippen LogP contribution in [0.4, 0.5) is 9.52 Å². The van der Waals surface area contributed by atoms with Crippen molar-refractivity contribution >= 4 is 32.6 Å². The highest BCUT2D eigenvalue weighted by Crippen LogP contribution is 2.29. The summed E-state index contributed by atoms with van der Waals surface area (Å²) in [6, 6.07) is 7.66. The molecule has 1 saturated heterocycles. The van der Waals surface area contributed by atoms with Crippen LogP contribution < -0.4 is 10.6 Å². The lowest BCUT2D eigenvalue weighted by Gasteiger charge is -2.21. The van der Waals surface area contributed by atoms with Gasteiger partial charge in [0.25, 0.3) is 5.91 Å². The van der Waals surface area contributed by atoms with Crippen molar-refractivity contribution in [1.82, 2.24) is 10.3 Å². The number of amides is 1. The molecule has 4 nitrogen and oxygen atoms in total. The maximum atomic E-state index is 14.5. The molecule has 26 heavy (non-hydrogen) atoms. The first-order chi connectivity index (χ1) is 12.7. The maximum Gasteiger partial charge on any atom is 0.260 e. The molecule has 1 aromatic carbocycles. The van der Waals surface area contributed by atoms with Crippen molar-refractivity contribution in [3.8, 4) is 0 Å². The summed E-state index contributed by atoms with van der Waals surface area (Å²) in [4.78, 5) is 16.8. The third-order valence-corrected chi connectivity index (χ3v) is 5.66. The number of fused-ring (bicyclic) bond motifs is 1. The molecule has 4 rings (SSSR count). The predicted molar refractivity (Wildman–Crippen MR) is 104 cm³/mol. The second-order valence-electron chi connectivity index (χ2n) is 6.60. The number of benzene rings is 1. The molecule has 2 N–H and O–H groups in total. The molecule has 0 spiro atoms. The standard InChI is InChI=1S/C20H20FN3OS/c21-16-12-14(11-13-7-9-22-10-8-13)5-6-15(16)19(25)24-20-23-17-3-1-2-4-18(17)26-20/h1-6,11,13,22H,7-10,12H2,(H,23,24,25). The summed E-state index contributed by atoms with van der Waals surface area (Å²) in [7, 11) is 0. The quantitative estimate of drug-likeness (QED) is 0.846. The Balaban J connectivity index is 1.45. The van der Waals surface area contributed by atoms with E-state index in [1.165, 1.54) is 11.3 Å². The lowest BCUT2D eigenvalue weighted by atomic mass is 9.92. The maximum absolute atomic E-state index is 14.5. The second kappa shape index (κ2) is 7.51. The van der Waals surface area contributed by atoms with Crippen LogP contribution in [0, 0.1) is 5.92 Å². The molecule has 6 heteroatoms. The number of nitrogens with one attached hydrogen (secondary N) is 2. The molecule has 2 heterocycles. The molecule has 1 aromatic heterocycles. The summed E-state index contributed by atoms with van der Waals surface area (Å²) in [5, 5.41) is 6.53. The normalized spacial score (nSPS) is 20.1. The van der Waals surface area contributed by atoms with E-state index in [0.717, 1.165) is 41.7 Å². The van der Waals surface area contributed by atoms with Crippen molar-refractivity contribution in [2.24, 2.45) is 5.92 Å². The topological polar surface area (TPSA) is 54.0 Å². The number of para-hydroxylation sites is 1. The van der Waals surface area contributed by atoms with E-state index in [1.807, 2.05) is 30.3 Å². The number of hydrogen-bond acceptors (Lipinski definition) is 4. The molecule has 2 aromatic rings. The average Bonchev–Trinajstić information content (AvgIpc) is 3.04. The summed E-state index contributed by atoms with van der Waals surface area (Å²) in [5.41, 5.74) is 1.87. The Morgan fingerprint density at radius 2 is 2.08 bits per heavy atom. The van der Waals surface area contributed by atoms with Crippen LogP contribution in [-0.2, 0) is 4.79 Å². The second-order valence-corrected chi connectivity index (χ2v) is 7.63. The number of carbonyl (C=O) groups excluding carboxylic acids is 1. The average molecular weight is 369 g/mol. The summed E-state index contributed by atoms with van der Waals surface area (Å²) >= 11 is 1.39. The molecule has 0 bridgehead atoms. The zero-order chi connectivity index (χ0) is 17.9. The highest BCUT2D eigenvalue weighted by Gasteiger charge is 2.20. The molecule has 2 aliphatic rings. The van der Waals surface area contributed by atoms with E-state index in [2.05, 4.69) is 21.7 Å². The number of piperidine rings is 1. The number of anilines is 1. The van der Waals surface area contributed by atoms with E-state index in [-0.39, 0.29) is 17.8 Å². The zero-order valence-corrected chi connectivity index (χ0v) is 15.1. The van der Waals surface area contributed by atoms with Crippen LogP contribution in [0.3, 0.4) is 0 Å². The third-order valence-electron chi connectivity index (χ3n) is 4.71. The highest BCUT2D eigenvalue weighted by molar-refractivity contribution is 7.22. The first-order valence-corrected chi connectivity index (χ1v) is 9.66. The van der Waals surface area contributed by atoms with Crippen molar-refractivity contribution in [3.63, 3.8) is 0 Å². The number of carbonyl (C=O) groups is 1. The van der Waals surface area contributed by atoms with Crippen LogP contribution in [0.25, 0.3) is 10.2 Å². The zero-order valence-electron chi connectivity index (χ0n) is 14.3. The Labute approximate surface area is 155 Å². The largest absolute Gasteiger partial charge is 0.317 e. The monoisotopic (exact) mass is 369 g/mol. The van der Waals surface area contributed by atoms with Crippen LogP contribution in [-0.4, -0.2) is 24.0 Å². The number of nitrogens with zero attached hydrogens (tertiary/aromatic N) is 1. The molecule has 134 valence electrons. The van der Waals surface area contributed by atoms with E-state index >= 15 is 0 Å². The minimum absolute atomic E-state index is 0.0896. The first-order valence-electron chi connectivity index (χ1n) is 8.84. The van der Waals surface area contributed by atoms with Gasteiger partial charge in [0.05, 0.1) is 15.8 Å². The van der Waals surface area contributed by atoms with Crippen molar-refractivity contribution in [3.05, 3.63) is 59.5 Å². The number of aromatic nitrogens is 1. The first kappa shape index (κ1) is 17.1. The Kier molecular flexibility index (Phi) is 4.95. The summed E-state index contributed by atoms with van der Waals surface area (Å²) in [5.74, 6) is -0.341. The summed E-state index contributed by atoms with van der Waals surface area (Å²) in [6.45, 7) is 2.01. The fraction of sp³-hybridized carbons (Fsp3) is 0.300. The highest BCUT2D eigenvalue weighted by atomic mass is 32.1. The SMILES string of the molecule is O=C(Nc1nc2ccccc2s1)C1=C(F)CC(=CC2CCNCC2)C=C1. The number of hydrogen-bond donors (Lipinski definition) is 2. The number of thiazole rings is 1. The van der Waals surface area contributed by atoms with Gasteiger partial charge in [0, 0.05) is 6.42 Å². The van der Waals surface area contributed by atoms with Crippen molar-refractivity contribution in [2.75, 3.05) is 18.4 Å². The molecule has 0 saturated carbocycles. The molecule has 0 unspecified atom stereocenters. The fourth-order valence-corrected chi connectivity index (χ4v) is 4.19. The molecule has 0 radical (unpaired) electrons. The fourth-order valence-electron chi connectivity index (χ4n) is 3.33. The lowest BCUT2D eigenvalue weighted by molar-refractivity contribution is -0.112. The van der Waals surface area contributed by atoms with Gasteiger partial charge in [-0.15, -0.1) is 0 Å². The Morgan fingerprint density at radius 1 is 1.27 bits per heavy atom. The van der Waals surface area contributed by atoms with Crippen LogP contribution in [0.15, 0.2) is 59.5 Å². The molecule has 1 fully saturated rings. The number of rotatable bonds is 3. The van der Waals surface area contributed by atoms with Crippen LogP contribution in [0.5, 0.6) is 0 Å². The van der Waals surface area contributed by atoms with E-state index in [0.29, 0.717) is 11.0 Å². The molecular formula is C20H20FN3OS. The number of halogens is 1. The van der Waals surface area contributed by atoms with Gasteiger partial charge < -0.3 is 5.32 Å². The van der Waals surface area contributed by atoms with Gasteiger partial charge in [0.1, 0.15) is 5.83 Å². The lowest BCUT2D eigenvalue weighted by Crippen LogP contribution is -2.27. The van der Waals surface area contributed by atoms with Crippen molar-refractivity contribution in [1.29, 1.82) is 0 Å². The van der Waals surface area contributed by atoms with E-state index in [9.17, 15) is 9.18 Å². The van der Waals surface area contributed by atoms with E-state index < -0.39 is 5.91 Å². The molecule has 1 aliphatic heterocycles. The summed E-state index contributed by atoms with van der Waals surface area (Å²) < 4.78 is 15.5. The van der Waals surface area contributed by atoms with Crippen LogP contribution in [0.2, 0.25) is 0 Å². The summed E-state index contributed by atoms with van der Waals surface area (Å²) in [6.07, 6.45) is 7.93. The van der Waals surface area contributed by atoms with Gasteiger partial charge in [-0.05, 0) is 55.6 Å². The molecule has 1 amide bonds. The van der Waals surface area contributed by atoms with Crippen molar-refractivity contribution in [2.45, 2.75) is 19.3 Å². The Bertz CT molecular complexity index is 889. The minimum atomic E-state index is -0.446. The molecule has 0 atom stereocenters. The Morgan fingerprint density at radius 3 is 2.85 bits per heavy atom. The smallest absolute Gasteiger partial charge is 0.260 e. The van der Waals surface area contributed by atoms with Gasteiger partial charge in [-0.1, -0.05) is 35.6 Å². The van der Waals surface area contributed by atoms with Gasteiger partial charge in [-0.3, -0.25) is 10.1 Å². The third kappa shape index (κ3) is 3.76. The van der Waals surface area contributed by atoms with Crippen molar-refractivity contribution < 1.29 is 9.18 Å². The van der Waals surface area contributed by atoms with Gasteiger partial charge in [0.2, 0.25) is 0 Å². The number of allylic oxidation sites excluding steroid dienone is 4.